The van der Waals surface area contributed by atoms with E-state index in [9.17, 15) is 0 Å². The molecule has 0 saturated carbocycles. The van der Waals surface area contributed by atoms with Crippen molar-refractivity contribution in [2.75, 3.05) is 14.2 Å². The lowest BCUT2D eigenvalue weighted by atomic mass is 10.2. The Hall–Kier alpha value is -1.07. The average Bonchev–Trinajstić information content (AvgIpc) is 2.49. The van der Waals surface area contributed by atoms with Gasteiger partial charge < -0.3 is 9.47 Å². The van der Waals surface area contributed by atoms with Gasteiger partial charge in [-0.2, -0.15) is 0 Å². The highest BCUT2D eigenvalue weighted by molar-refractivity contribution is 7.98. The number of nitrogens with zero attached hydrogens (tertiary/aromatic N) is 1. The number of benzene rings is 1. The first-order valence-electron chi connectivity index (χ1n) is 6.11. The van der Waals surface area contributed by atoms with Gasteiger partial charge in [0.15, 0.2) is 6.29 Å². The minimum absolute atomic E-state index is 0.316. The molecule has 106 valence electrons. The molecule has 0 aliphatic rings. The van der Waals surface area contributed by atoms with Crippen LogP contribution in [-0.2, 0) is 15.2 Å². The highest BCUT2D eigenvalue weighted by Gasteiger charge is 2.08. The third-order valence-electron chi connectivity index (χ3n) is 2.83. The molecule has 1 heterocycles. The number of thioether (sulfide) groups is 1. The first kappa shape index (κ1) is 15.3. The molecule has 0 spiro atoms. The summed E-state index contributed by atoms with van der Waals surface area (Å²) in [6.07, 6.45) is 3.11. The van der Waals surface area contributed by atoms with Gasteiger partial charge in [-0.15, -0.1) is 11.8 Å². The summed E-state index contributed by atoms with van der Waals surface area (Å²) in [6, 6.07) is 10.1. The van der Waals surface area contributed by atoms with Gasteiger partial charge in [0.1, 0.15) is 0 Å². The second-order valence-electron chi connectivity index (χ2n) is 4.13. The van der Waals surface area contributed by atoms with Gasteiger partial charge in [0.2, 0.25) is 0 Å². The van der Waals surface area contributed by atoms with Crippen LogP contribution in [0.3, 0.4) is 0 Å². The third-order valence-corrected chi connectivity index (χ3v) is 4.23. The molecule has 0 fully saturated rings. The summed E-state index contributed by atoms with van der Waals surface area (Å²) in [4.78, 5) is 5.15. The van der Waals surface area contributed by atoms with Crippen LogP contribution < -0.4 is 0 Å². The molecule has 0 bridgehead atoms. The molecule has 20 heavy (non-hydrogen) atoms. The summed E-state index contributed by atoms with van der Waals surface area (Å²) in [5.41, 5.74) is 2.09. The minimum atomic E-state index is -0.316. The normalized spacial score (nSPS) is 11.0. The van der Waals surface area contributed by atoms with Crippen molar-refractivity contribution in [2.45, 2.75) is 16.9 Å². The molecule has 1 aromatic carbocycles. The SMILES string of the molecule is COC(OC)c1ccc(SCc2ccncc2Cl)cc1. The number of hydrogen-bond donors (Lipinski definition) is 0. The van der Waals surface area contributed by atoms with Crippen LogP contribution >= 0.6 is 23.4 Å². The summed E-state index contributed by atoms with van der Waals surface area (Å²) in [7, 11) is 3.25. The summed E-state index contributed by atoms with van der Waals surface area (Å²) in [5.74, 6) is 0.818. The lowest BCUT2D eigenvalue weighted by Gasteiger charge is -2.13. The molecule has 0 atom stereocenters. The van der Waals surface area contributed by atoms with Crippen LogP contribution in [0.25, 0.3) is 0 Å². The minimum Gasteiger partial charge on any atom is -0.352 e. The van der Waals surface area contributed by atoms with E-state index in [-0.39, 0.29) is 6.29 Å². The van der Waals surface area contributed by atoms with Crippen molar-refractivity contribution in [1.82, 2.24) is 4.98 Å². The maximum atomic E-state index is 6.09. The lowest BCUT2D eigenvalue weighted by Crippen LogP contribution is -2.02. The van der Waals surface area contributed by atoms with Crippen LogP contribution in [0.5, 0.6) is 0 Å². The van der Waals surface area contributed by atoms with E-state index in [0.29, 0.717) is 5.02 Å². The van der Waals surface area contributed by atoms with Gasteiger partial charge >= 0.3 is 0 Å². The lowest BCUT2D eigenvalue weighted by molar-refractivity contribution is -0.106. The standard InChI is InChI=1S/C15H16ClNO2S/c1-18-15(19-2)11-3-5-13(6-4-11)20-10-12-7-8-17-9-14(12)16/h3-9,15H,10H2,1-2H3. The van der Waals surface area contributed by atoms with Crippen LogP contribution in [0.2, 0.25) is 5.02 Å². The Morgan fingerprint density at radius 2 is 1.85 bits per heavy atom. The Bertz CT molecular complexity index is 544. The zero-order valence-electron chi connectivity index (χ0n) is 11.4. The largest absolute Gasteiger partial charge is 0.352 e. The summed E-state index contributed by atoms with van der Waals surface area (Å²) in [6.45, 7) is 0. The van der Waals surface area contributed by atoms with E-state index in [4.69, 9.17) is 21.1 Å². The molecule has 0 unspecified atom stereocenters. The summed E-state index contributed by atoms with van der Waals surface area (Å²) in [5, 5.41) is 0.704. The molecular formula is C15H16ClNO2S. The predicted molar refractivity (Wildman–Crippen MR) is 82.0 cm³/mol. The van der Waals surface area contributed by atoms with Crippen molar-refractivity contribution in [3.05, 3.63) is 58.9 Å². The Morgan fingerprint density at radius 1 is 1.15 bits per heavy atom. The number of aromatic nitrogens is 1. The van der Waals surface area contributed by atoms with Gasteiger partial charge in [0, 0.05) is 42.8 Å². The molecule has 0 aliphatic carbocycles. The van der Waals surface area contributed by atoms with E-state index in [1.165, 1.54) is 4.90 Å². The van der Waals surface area contributed by atoms with Gasteiger partial charge in [-0.3, -0.25) is 4.98 Å². The Kier molecular flexibility index (Phi) is 5.86. The van der Waals surface area contributed by atoms with Crippen molar-refractivity contribution in [2.24, 2.45) is 0 Å². The van der Waals surface area contributed by atoms with Crippen LogP contribution in [0.4, 0.5) is 0 Å². The Labute approximate surface area is 128 Å². The quantitative estimate of drug-likeness (QED) is 0.587. The van der Waals surface area contributed by atoms with Gasteiger partial charge in [0.05, 0.1) is 5.02 Å². The monoisotopic (exact) mass is 309 g/mol. The molecular weight excluding hydrogens is 294 g/mol. The van der Waals surface area contributed by atoms with Gasteiger partial charge in [0.25, 0.3) is 0 Å². The van der Waals surface area contributed by atoms with Crippen molar-refractivity contribution in [1.29, 1.82) is 0 Å². The maximum Gasteiger partial charge on any atom is 0.183 e. The highest BCUT2D eigenvalue weighted by atomic mass is 35.5. The number of hydrogen-bond acceptors (Lipinski definition) is 4. The van der Waals surface area contributed by atoms with Gasteiger partial charge in [-0.1, -0.05) is 23.7 Å². The van der Waals surface area contributed by atoms with Crippen molar-refractivity contribution in [3.63, 3.8) is 0 Å². The molecule has 0 saturated heterocycles. The predicted octanol–water partition coefficient (Wildman–Crippen LogP) is 4.32. The number of ether oxygens (including phenoxy) is 2. The van der Waals surface area contributed by atoms with E-state index in [1.807, 2.05) is 18.2 Å². The van der Waals surface area contributed by atoms with Crippen LogP contribution in [0, 0.1) is 0 Å². The van der Waals surface area contributed by atoms with E-state index in [1.54, 1.807) is 38.4 Å². The smallest absolute Gasteiger partial charge is 0.183 e. The van der Waals surface area contributed by atoms with Crippen molar-refractivity contribution < 1.29 is 9.47 Å². The second kappa shape index (κ2) is 7.64. The fourth-order valence-corrected chi connectivity index (χ4v) is 2.94. The van der Waals surface area contributed by atoms with E-state index in [0.717, 1.165) is 16.9 Å². The molecule has 2 rings (SSSR count). The summed E-state index contributed by atoms with van der Waals surface area (Å²) < 4.78 is 10.4. The van der Waals surface area contributed by atoms with Gasteiger partial charge in [-0.05, 0) is 23.8 Å². The molecule has 2 aromatic rings. The topological polar surface area (TPSA) is 31.4 Å². The van der Waals surface area contributed by atoms with Crippen molar-refractivity contribution >= 4 is 23.4 Å². The number of methoxy groups -OCH3 is 2. The average molecular weight is 310 g/mol. The zero-order valence-corrected chi connectivity index (χ0v) is 12.9. The van der Waals surface area contributed by atoms with Crippen molar-refractivity contribution in [3.8, 4) is 0 Å². The maximum absolute atomic E-state index is 6.09. The first-order chi connectivity index (χ1) is 9.74. The number of rotatable bonds is 6. The molecule has 0 radical (unpaired) electrons. The Morgan fingerprint density at radius 3 is 2.45 bits per heavy atom. The fraction of sp³-hybridized carbons (Fsp3) is 0.267. The Balaban J connectivity index is 1.99. The molecule has 3 nitrogen and oxygen atoms in total. The highest BCUT2D eigenvalue weighted by Crippen LogP contribution is 2.27. The first-order valence-corrected chi connectivity index (χ1v) is 7.47. The third kappa shape index (κ3) is 3.96. The van der Waals surface area contributed by atoms with Crippen LogP contribution in [0.15, 0.2) is 47.6 Å². The molecule has 0 N–H and O–H groups in total. The van der Waals surface area contributed by atoms with E-state index >= 15 is 0 Å². The van der Waals surface area contributed by atoms with E-state index < -0.39 is 0 Å². The van der Waals surface area contributed by atoms with Gasteiger partial charge in [-0.25, -0.2) is 0 Å². The number of halogens is 1. The molecule has 0 amide bonds. The van der Waals surface area contributed by atoms with E-state index in [2.05, 4.69) is 17.1 Å². The van der Waals surface area contributed by atoms with Crippen LogP contribution in [0.1, 0.15) is 17.4 Å². The van der Waals surface area contributed by atoms with Crippen LogP contribution in [-0.4, -0.2) is 19.2 Å². The zero-order chi connectivity index (χ0) is 14.4. The number of pyridine rings is 1. The second-order valence-corrected chi connectivity index (χ2v) is 5.58. The summed E-state index contributed by atoms with van der Waals surface area (Å²) >= 11 is 7.82. The molecule has 5 heteroatoms. The molecule has 0 aliphatic heterocycles. The molecule has 1 aromatic heterocycles. The fourth-order valence-electron chi connectivity index (χ4n) is 1.77.